The van der Waals surface area contributed by atoms with Crippen molar-refractivity contribution in [2.24, 2.45) is 0 Å². The SMILES string of the molecule is COCCN(CC(=O)O)C(=O)NCCc1nccs1. The zero-order chi connectivity index (χ0) is 14.1. The molecule has 0 spiro atoms. The second kappa shape index (κ2) is 8.44. The van der Waals surface area contributed by atoms with E-state index in [2.05, 4.69) is 10.3 Å². The highest BCUT2D eigenvalue weighted by Crippen LogP contribution is 2.03. The molecule has 7 nitrogen and oxygen atoms in total. The van der Waals surface area contributed by atoms with Crippen LogP contribution in [0.4, 0.5) is 4.79 Å². The topological polar surface area (TPSA) is 91.8 Å². The Hall–Kier alpha value is -1.67. The fraction of sp³-hybridized carbons (Fsp3) is 0.545. The molecule has 0 saturated carbocycles. The van der Waals surface area contributed by atoms with Gasteiger partial charge < -0.3 is 20.1 Å². The van der Waals surface area contributed by atoms with Crippen molar-refractivity contribution >= 4 is 23.3 Å². The monoisotopic (exact) mass is 287 g/mol. The fourth-order valence-corrected chi connectivity index (χ4v) is 2.00. The molecule has 1 aromatic heterocycles. The van der Waals surface area contributed by atoms with Gasteiger partial charge in [0.25, 0.3) is 0 Å². The molecule has 0 atom stereocenters. The summed E-state index contributed by atoms with van der Waals surface area (Å²) >= 11 is 1.52. The minimum atomic E-state index is -1.05. The Morgan fingerprint density at radius 2 is 2.37 bits per heavy atom. The second-order valence-corrected chi connectivity index (χ2v) is 4.69. The summed E-state index contributed by atoms with van der Waals surface area (Å²) in [6, 6.07) is -0.406. The Kier molecular flexibility index (Phi) is 6.83. The van der Waals surface area contributed by atoms with Crippen molar-refractivity contribution in [1.82, 2.24) is 15.2 Å². The van der Waals surface area contributed by atoms with Crippen LogP contribution < -0.4 is 5.32 Å². The Morgan fingerprint density at radius 1 is 1.58 bits per heavy atom. The number of carboxylic acids is 1. The number of amides is 2. The number of ether oxygens (including phenoxy) is 1. The summed E-state index contributed by atoms with van der Waals surface area (Å²) in [5, 5.41) is 14.2. The summed E-state index contributed by atoms with van der Waals surface area (Å²) in [6.45, 7) is 0.626. The fourth-order valence-electron chi connectivity index (χ4n) is 1.38. The first-order chi connectivity index (χ1) is 9.13. The zero-order valence-electron chi connectivity index (χ0n) is 10.7. The smallest absolute Gasteiger partial charge is 0.323 e. The van der Waals surface area contributed by atoms with Crippen LogP contribution in [0.25, 0.3) is 0 Å². The Bertz CT molecular complexity index is 397. The standard InChI is InChI=1S/C11H17N3O4S/c1-18-6-5-14(8-10(15)16)11(17)13-3-2-9-12-4-7-19-9/h4,7H,2-3,5-6,8H2,1H3,(H,13,17)(H,15,16). The molecule has 0 radical (unpaired) electrons. The van der Waals surface area contributed by atoms with Gasteiger partial charge >= 0.3 is 12.0 Å². The number of urea groups is 1. The molecule has 0 aliphatic carbocycles. The molecule has 1 rings (SSSR count). The van der Waals surface area contributed by atoms with E-state index in [0.717, 1.165) is 5.01 Å². The first-order valence-electron chi connectivity index (χ1n) is 5.75. The van der Waals surface area contributed by atoms with Crippen molar-refractivity contribution in [1.29, 1.82) is 0 Å². The van der Waals surface area contributed by atoms with E-state index in [9.17, 15) is 9.59 Å². The predicted molar refractivity (Wildman–Crippen MR) is 70.3 cm³/mol. The van der Waals surface area contributed by atoms with Crippen molar-refractivity contribution < 1.29 is 19.4 Å². The van der Waals surface area contributed by atoms with Crippen LogP contribution in [-0.4, -0.2) is 60.3 Å². The van der Waals surface area contributed by atoms with E-state index in [1.54, 1.807) is 6.20 Å². The van der Waals surface area contributed by atoms with Crippen LogP contribution in [-0.2, 0) is 16.0 Å². The van der Waals surface area contributed by atoms with Gasteiger partial charge in [-0.3, -0.25) is 4.79 Å². The van der Waals surface area contributed by atoms with Crippen LogP contribution in [0.2, 0.25) is 0 Å². The summed E-state index contributed by atoms with van der Waals surface area (Å²) in [5.41, 5.74) is 0. The summed E-state index contributed by atoms with van der Waals surface area (Å²) in [4.78, 5) is 27.8. The van der Waals surface area contributed by atoms with E-state index < -0.39 is 12.0 Å². The van der Waals surface area contributed by atoms with Crippen LogP contribution in [0.3, 0.4) is 0 Å². The lowest BCUT2D eigenvalue weighted by molar-refractivity contribution is -0.137. The number of aliphatic carboxylic acids is 1. The van der Waals surface area contributed by atoms with E-state index in [1.807, 2.05) is 5.38 Å². The maximum absolute atomic E-state index is 11.8. The number of rotatable bonds is 8. The minimum Gasteiger partial charge on any atom is -0.480 e. The van der Waals surface area contributed by atoms with E-state index in [1.165, 1.54) is 23.3 Å². The maximum Gasteiger partial charge on any atom is 0.323 e. The predicted octanol–water partition coefficient (Wildman–Crippen LogP) is 0.428. The normalized spacial score (nSPS) is 10.2. The number of hydrogen-bond donors (Lipinski definition) is 2. The molecule has 2 N–H and O–H groups in total. The molecule has 19 heavy (non-hydrogen) atoms. The molecule has 106 valence electrons. The number of nitrogens with zero attached hydrogens (tertiary/aromatic N) is 2. The third-order valence-electron chi connectivity index (χ3n) is 2.28. The minimum absolute atomic E-state index is 0.242. The zero-order valence-corrected chi connectivity index (χ0v) is 11.5. The number of thiazole rings is 1. The highest BCUT2D eigenvalue weighted by atomic mass is 32.1. The first kappa shape index (κ1) is 15.4. The van der Waals surface area contributed by atoms with E-state index in [0.29, 0.717) is 19.6 Å². The molecular formula is C11H17N3O4S. The van der Waals surface area contributed by atoms with Crippen LogP contribution >= 0.6 is 11.3 Å². The number of aromatic nitrogens is 1. The van der Waals surface area contributed by atoms with Crippen LogP contribution in [0, 0.1) is 0 Å². The number of carboxylic acid groups (broad SMARTS) is 1. The Balaban J connectivity index is 2.35. The maximum atomic E-state index is 11.8. The number of carbonyl (C=O) groups excluding carboxylic acids is 1. The summed E-state index contributed by atoms with van der Waals surface area (Å²) in [6.07, 6.45) is 2.34. The Morgan fingerprint density at radius 3 is 2.95 bits per heavy atom. The largest absolute Gasteiger partial charge is 0.480 e. The molecule has 1 aromatic rings. The van der Waals surface area contributed by atoms with Crippen molar-refractivity contribution in [3.8, 4) is 0 Å². The van der Waals surface area contributed by atoms with Crippen LogP contribution in [0.1, 0.15) is 5.01 Å². The van der Waals surface area contributed by atoms with Crippen LogP contribution in [0.15, 0.2) is 11.6 Å². The van der Waals surface area contributed by atoms with Crippen molar-refractivity contribution in [3.05, 3.63) is 16.6 Å². The van der Waals surface area contributed by atoms with Gasteiger partial charge in [0.1, 0.15) is 6.54 Å². The van der Waals surface area contributed by atoms with Gasteiger partial charge in [-0.15, -0.1) is 11.3 Å². The molecule has 0 aliphatic heterocycles. The molecule has 0 aliphatic rings. The first-order valence-corrected chi connectivity index (χ1v) is 6.63. The van der Waals surface area contributed by atoms with Gasteiger partial charge in [-0.25, -0.2) is 9.78 Å². The molecular weight excluding hydrogens is 270 g/mol. The van der Waals surface area contributed by atoms with Gasteiger partial charge in [0, 0.05) is 38.2 Å². The highest BCUT2D eigenvalue weighted by molar-refractivity contribution is 7.09. The van der Waals surface area contributed by atoms with Gasteiger partial charge in [0.2, 0.25) is 0 Å². The van der Waals surface area contributed by atoms with Crippen molar-refractivity contribution in [2.75, 3.05) is 33.4 Å². The number of nitrogens with one attached hydrogen (secondary N) is 1. The van der Waals surface area contributed by atoms with Gasteiger partial charge in [0.05, 0.1) is 11.6 Å². The molecule has 0 saturated heterocycles. The second-order valence-electron chi connectivity index (χ2n) is 3.72. The molecule has 2 amide bonds. The quantitative estimate of drug-likeness (QED) is 0.723. The summed E-state index contributed by atoms with van der Waals surface area (Å²) in [5.74, 6) is -1.05. The van der Waals surface area contributed by atoms with Crippen molar-refractivity contribution in [3.63, 3.8) is 0 Å². The lowest BCUT2D eigenvalue weighted by Gasteiger charge is -2.20. The molecule has 0 fully saturated rings. The molecule has 0 unspecified atom stereocenters. The number of carbonyl (C=O) groups is 2. The van der Waals surface area contributed by atoms with E-state index >= 15 is 0 Å². The highest BCUT2D eigenvalue weighted by Gasteiger charge is 2.15. The van der Waals surface area contributed by atoms with E-state index in [-0.39, 0.29) is 13.1 Å². The number of methoxy groups -OCH3 is 1. The third kappa shape index (κ3) is 6.16. The lowest BCUT2D eigenvalue weighted by Crippen LogP contribution is -2.44. The van der Waals surface area contributed by atoms with Gasteiger partial charge in [-0.2, -0.15) is 0 Å². The van der Waals surface area contributed by atoms with Gasteiger partial charge in [-0.05, 0) is 0 Å². The molecule has 0 aromatic carbocycles. The molecule has 0 bridgehead atoms. The third-order valence-corrected chi connectivity index (χ3v) is 3.12. The molecule has 8 heteroatoms. The van der Waals surface area contributed by atoms with Crippen molar-refractivity contribution in [2.45, 2.75) is 6.42 Å². The lowest BCUT2D eigenvalue weighted by atomic mass is 10.4. The number of hydrogen-bond acceptors (Lipinski definition) is 5. The Labute approximate surface area is 115 Å². The van der Waals surface area contributed by atoms with Gasteiger partial charge in [-0.1, -0.05) is 0 Å². The van der Waals surface area contributed by atoms with Crippen LogP contribution in [0.5, 0.6) is 0 Å². The average Bonchev–Trinajstić information content (AvgIpc) is 2.87. The average molecular weight is 287 g/mol. The summed E-state index contributed by atoms with van der Waals surface area (Å²) < 4.78 is 4.84. The van der Waals surface area contributed by atoms with E-state index in [4.69, 9.17) is 9.84 Å². The molecule has 1 heterocycles. The summed E-state index contributed by atoms with van der Waals surface area (Å²) in [7, 11) is 1.50. The van der Waals surface area contributed by atoms with Gasteiger partial charge in [0.15, 0.2) is 0 Å².